The van der Waals surface area contributed by atoms with Crippen molar-refractivity contribution in [2.75, 3.05) is 19.8 Å². The number of ether oxygens (including phenoxy) is 1. The molecule has 0 fully saturated rings. The van der Waals surface area contributed by atoms with E-state index in [1.165, 1.54) is 16.7 Å². The standard InChI is InChI=1S/C21H21N3O4S/c1-13(19-22-16-10-6-4-8-14(16)20(26)23-19)28-21(27)15-9-5-7-11-17(15)29-12-18(25)24(2)3/h4-11,13H,12H2,1-3H3,(H,22,23,26)/t13-/m0/s1. The highest BCUT2D eigenvalue weighted by Gasteiger charge is 2.20. The third-order valence-electron chi connectivity index (χ3n) is 4.26. The number of para-hydroxylation sites is 1. The zero-order valence-corrected chi connectivity index (χ0v) is 17.2. The van der Waals surface area contributed by atoms with Crippen LogP contribution < -0.4 is 5.56 Å². The Hall–Kier alpha value is -3.13. The number of benzene rings is 2. The first-order chi connectivity index (χ1) is 13.9. The predicted octanol–water partition coefficient (Wildman–Crippen LogP) is 3.02. The first kappa shape index (κ1) is 20.6. The van der Waals surface area contributed by atoms with Crippen molar-refractivity contribution in [1.29, 1.82) is 0 Å². The second kappa shape index (κ2) is 8.91. The summed E-state index contributed by atoms with van der Waals surface area (Å²) in [6.07, 6.45) is -0.749. The summed E-state index contributed by atoms with van der Waals surface area (Å²) in [5.74, 6) is -0.111. The topological polar surface area (TPSA) is 92.4 Å². The summed E-state index contributed by atoms with van der Waals surface area (Å²) in [5.41, 5.74) is 0.609. The van der Waals surface area contributed by atoms with Gasteiger partial charge in [-0.25, -0.2) is 9.78 Å². The maximum Gasteiger partial charge on any atom is 0.339 e. The monoisotopic (exact) mass is 411 g/mol. The van der Waals surface area contributed by atoms with Crippen molar-refractivity contribution in [3.8, 4) is 0 Å². The fourth-order valence-electron chi connectivity index (χ4n) is 2.61. The van der Waals surface area contributed by atoms with Crippen LogP contribution in [0, 0.1) is 0 Å². The molecule has 29 heavy (non-hydrogen) atoms. The summed E-state index contributed by atoms with van der Waals surface area (Å²) in [5, 5.41) is 0.474. The highest BCUT2D eigenvalue weighted by molar-refractivity contribution is 8.00. The van der Waals surface area contributed by atoms with Crippen molar-refractivity contribution >= 4 is 34.5 Å². The lowest BCUT2D eigenvalue weighted by molar-refractivity contribution is -0.125. The molecule has 1 amide bonds. The van der Waals surface area contributed by atoms with Crippen LogP contribution in [0.3, 0.4) is 0 Å². The summed E-state index contributed by atoms with van der Waals surface area (Å²) in [4.78, 5) is 46.0. The Kier molecular flexibility index (Phi) is 6.33. The van der Waals surface area contributed by atoms with Crippen LogP contribution in [0.25, 0.3) is 10.9 Å². The number of hydrogen-bond donors (Lipinski definition) is 1. The Morgan fingerprint density at radius 2 is 1.83 bits per heavy atom. The van der Waals surface area contributed by atoms with E-state index < -0.39 is 12.1 Å². The number of carbonyl (C=O) groups excluding carboxylic acids is 2. The molecule has 8 heteroatoms. The van der Waals surface area contributed by atoms with Crippen molar-refractivity contribution in [2.24, 2.45) is 0 Å². The minimum Gasteiger partial charge on any atom is -0.451 e. The summed E-state index contributed by atoms with van der Waals surface area (Å²) < 4.78 is 5.54. The van der Waals surface area contributed by atoms with E-state index in [1.54, 1.807) is 69.6 Å². The number of rotatable bonds is 6. The van der Waals surface area contributed by atoms with Gasteiger partial charge in [0.1, 0.15) is 0 Å². The lowest BCUT2D eigenvalue weighted by atomic mass is 10.2. The molecule has 0 aliphatic carbocycles. The van der Waals surface area contributed by atoms with Gasteiger partial charge in [-0.2, -0.15) is 0 Å². The number of fused-ring (bicyclic) bond motifs is 1. The molecular weight excluding hydrogens is 390 g/mol. The summed E-state index contributed by atoms with van der Waals surface area (Å²) in [7, 11) is 3.37. The number of nitrogens with one attached hydrogen (secondary N) is 1. The Bertz CT molecular complexity index is 1110. The van der Waals surface area contributed by atoms with Crippen LogP contribution in [0.4, 0.5) is 0 Å². The molecule has 0 bridgehead atoms. The van der Waals surface area contributed by atoms with Gasteiger partial charge in [0.25, 0.3) is 5.56 Å². The zero-order chi connectivity index (χ0) is 21.0. The van der Waals surface area contributed by atoms with E-state index >= 15 is 0 Å². The SMILES string of the molecule is C[C@H](OC(=O)c1ccccc1SCC(=O)N(C)C)c1nc2ccccc2c(=O)[nH]1. The Morgan fingerprint density at radius 3 is 2.59 bits per heavy atom. The van der Waals surface area contributed by atoms with Crippen molar-refractivity contribution in [3.63, 3.8) is 0 Å². The number of aromatic amines is 1. The quantitative estimate of drug-likeness (QED) is 0.495. The molecule has 0 saturated heterocycles. The highest BCUT2D eigenvalue weighted by Crippen LogP contribution is 2.25. The number of amides is 1. The van der Waals surface area contributed by atoms with Crippen LogP contribution >= 0.6 is 11.8 Å². The summed E-state index contributed by atoms with van der Waals surface area (Å²) in [6, 6.07) is 13.9. The van der Waals surface area contributed by atoms with Gasteiger partial charge < -0.3 is 14.6 Å². The van der Waals surface area contributed by atoms with Gasteiger partial charge in [-0.1, -0.05) is 24.3 Å². The van der Waals surface area contributed by atoms with Gasteiger partial charge >= 0.3 is 5.97 Å². The second-order valence-electron chi connectivity index (χ2n) is 6.59. The number of esters is 1. The minimum absolute atomic E-state index is 0.0514. The number of thioether (sulfide) groups is 1. The van der Waals surface area contributed by atoms with Crippen LogP contribution in [0.1, 0.15) is 29.2 Å². The Labute approximate surface area is 172 Å². The van der Waals surface area contributed by atoms with Gasteiger partial charge in [-0.3, -0.25) is 9.59 Å². The van der Waals surface area contributed by atoms with E-state index in [9.17, 15) is 14.4 Å². The molecule has 3 rings (SSSR count). The highest BCUT2D eigenvalue weighted by atomic mass is 32.2. The average molecular weight is 411 g/mol. The van der Waals surface area contributed by atoms with E-state index in [2.05, 4.69) is 9.97 Å². The lowest BCUT2D eigenvalue weighted by Gasteiger charge is -2.15. The number of aromatic nitrogens is 2. The Balaban J connectivity index is 1.78. The van der Waals surface area contributed by atoms with Crippen LogP contribution in [0.2, 0.25) is 0 Å². The number of carbonyl (C=O) groups is 2. The van der Waals surface area contributed by atoms with E-state index in [4.69, 9.17) is 4.74 Å². The van der Waals surface area contributed by atoms with Crippen molar-refractivity contribution < 1.29 is 14.3 Å². The normalized spacial score (nSPS) is 11.8. The third-order valence-corrected chi connectivity index (χ3v) is 5.32. The van der Waals surface area contributed by atoms with Gasteiger partial charge in [0.15, 0.2) is 11.9 Å². The molecule has 1 atom stereocenters. The molecule has 150 valence electrons. The fraction of sp³-hybridized carbons (Fsp3) is 0.238. The van der Waals surface area contributed by atoms with Gasteiger partial charge in [-0.05, 0) is 31.2 Å². The van der Waals surface area contributed by atoms with Crippen molar-refractivity contribution in [1.82, 2.24) is 14.9 Å². The third kappa shape index (κ3) is 4.83. The molecule has 0 aliphatic heterocycles. The lowest BCUT2D eigenvalue weighted by Crippen LogP contribution is -2.23. The molecule has 0 spiro atoms. The van der Waals surface area contributed by atoms with Crippen molar-refractivity contribution in [2.45, 2.75) is 17.9 Å². The van der Waals surface area contributed by atoms with E-state index in [0.29, 0.717) is 21.4 Å². The molecule has 0 aliphatic rings. The van der Waals surface area contributed by atoms with E-state index in [0.717, 1.165) is 0 Å². The second-order valence-corrected chi connectivity index (χ2v) is 7.61. The zero-order valence-electron chi connectivity index (χ0n) is 16.3. The maximum absolute atomic E-state index is 12.7. The van der Waals surface area contributed by atoms with Gasteiger partial charge in [0.05, 0.1) is 22.2 Å². The molecule has 0 saturated carbocycles. The molecule has 0 unspecified atom stereocenters. The molecule has 1 aromatic heterocycles. The van der Waals surface area contributed by atoms with Crippen molar-refractivity contribution in [3.05, 3.63) is 70.3 Å². The molecule has 2 aromatic carbocycles. The predicted molar refractivity (Wildman–Crippen MR) is 112 cm³/mol. The number of H-pyrrole nitrogens is 1. The average Bonchev–Trinajstić information content (AvgIpc) is 2.72. The summed E-state index contributed by atoms with van der Waals surface area (Å²) >= 11 is 1.27. The number of hydrogen-bond acceptors (Lipinski definition) is 6. The van der Waals surface area contributed by atoms with Crippen LogP contribution in [-0.2, 0) is 9.53 Å². The van der Waals surface area contributed by atoms with Gasteiger partial charge in [-0.15, -0.1) is 11.8 Å². The smallest absolute Gasteiger partial charge is 0.339 e. The molecular formula is C21H21N3O4S. The van der Waals surface area contributed by atoms with E-state index in [-0.39, 0.29) is 23.0 Å². The molecule has 7 nitrogen and oxygen atoms in total. The van der Waals surface area contributed by atoms with Crippen LogP contribution in [0.5, 0.6) is 0 Å². The molecule has 1 heterocycles. The fourth-order valence-corrected chi connectivity index (χ4v) is 3.63. The molecule has 0 radical (unpaired) electrons. The molecule has 1 N–H and O–H groups in total. The summed E-state index contributed by atoms with van der Waals surface area (Å²) in [6.45, 7) is 1.65. The Morgan fingerprint density at radius 1 is 1.14 bits per heavy atom. The minimum atomic E-state index is -0.749. The van der Waals surface area contributed by atoms with E-state index in [1.807, 2.05) is 0 Å². The van der Waals surface area contributed by atoms with Gasteiger partial charge in [0.2, 0.25) is 5.91 Å². The van der Waals surface area contributed by atoms with Crippen LogP contribution in [-0.4, -0.2) is 46.6 Å². The van der Waals surface area contributed by atoms with Gasteiger partial charge in [0, 0.05) is 19.0 Å². The molecule has 3 aromatic rings. The first-order valence-electron chi connectivity index (χ1n) is 8.98. The number of nitrogens with zero attached hydrogens (tertiary/aromatic N) is 2. The first-order valence-corrected chi connectivity index (χ1v) is 9.97. The van der Waals surface area contributed by atoms with Crippen LogP contribution in [0.15, 0.2) is 58.2 Å². The largest absolute Gasteiger partial charge is 0.451 e. The maximum atomic E-state index is 12.7.